The molecule has 0 fully saturated rings. The van der Waals surface area contributed by atoms with Crippen molar-refractivity contribution in [3.63, 3.8) is 0 Å². The minimum absolute atomic E-state index is 0.0603. The molecule has 94 valence electrons. The number of hydrogen-bond donors (Lipinski definition) is 1. The van der Waals surface area contributed by atoms with Gasteiger partial charge in [-0.15, -0.1) is 11.3 Å². The minimum Gasteiger partial charge on any atom is -0.324 e. The van der Waals surface area contributed by atoms with Crippen LogP contribution in [0.15, 0.2) is 41.8 Å². The number of carbonyl (C=O) groups is 1. The summed E-state index contributed by atoms with van der Waals surface area (Å²) in [5.41, 5.74) is 7.98. The zero-order valence-electron chi connectivity index (χ0n) is 10.4. The Hall–Kier alpha value is -1.45. The molecule has 0 aliphatic heterocycles. The Labute approximate surface area is 111 Å². The summed E-state index contributed by atoms with van der Waals surface area (Å²) in [6.45, 7) is 2.01. The van der Waals surface area contributed by atoms with E-state index in [2.05, 4.69) is 0 Å². The fraction of sp³-hybridized carbons (Fsp3) is 0.267. The number of thiophene rings is 1. The van der Waals surface area contributed by atoms with Gasteiger partial charge in [0.05, 0.1) is 0 Å². The van der Waals surface area contributed by atoms with Crippen molar-refractivity contribution in [1.29, 1.82) is 0 Å². The third-order valence-corrected chi connectivity index (χ3v) is 3.82. The van der Waals surface area contributed by atoms with Crippen molar-refractivity contribution in [1.82, 2.24) is 0 Å². The quantitative estimate of drug-likeness (QED) is 0.832. The maximum Gasteiger partial charge on any atom is 0.163 e. The highest BCUT2D eigenvalue weighted by Crippen LogP contribution is 2.19. The van der Waals surface area contributed by atoms with Crippen LogP contribution in [0.3, 0.4) is 0 Å². The lowest BCUT2D eigenvalue weighted by molar-refractivity contribution is 0.0978. The molecule has 1 atom stereocenters. The maximum absolute atomic E-state index is 11.9. The Morgan fingerprint density at radius 3 is 2.67 bits per heavy atom. The molecular weight excluding hydrogens is 242 g/mol. The van der Waals surface area contributed by atoms with Crippen LogP contribution in [-0.4, -0.2) is 5.78 Å². The van der Waals surface area contributed by atoms with E-state index < -0.39 is 0 Å². The van der Waals surface area contributed by atoms with E-state index in [1.807, 2.05) is 48.7 Å². The number of carbonyl (C=O) groups excluding carboxylic acids is 1. The van der Waals surface area contributed by atoms with Gasteiger partial charge in [-0.25, -0.2) is 0 Å². The third kappa shape index (κ3) is 3.28. The molecule has 1 aromatic heterocycles. The molecule has 1 heterocycles. The Bertz CT molecular complexity index is 518. The molecule has 1 unspecified atom stereocenters. The van der Waals surface area contributed by atoms with Crippen LogP contribution >= 0.6 is 11.3 Å². The zero-order valence-corrected chi connectivity index (χ0v) is 11.2. The van der Waals surface area contributed by atoms with E-state index >= 15 is 0 Å². The van der Waals surface area contributed by atoms with Crippen molar-refractivity contribution in [3.8, 4) is 0 Å². The predicted octanol–water partition coefficient (Wildman–Crippen LogP) is 3.72. The first kappa shape index (κ1) is 13.0. The van der Waals surface area contributed by atoms with Gasteiger partial charge in [0, 0.05) is 28.3 Å². The molecule has 0 bridgehead atoms. The van der Waals surface area contributed by atoms with Gasteiger partial charge < -0.3 is 5.73 Å². The van der Waals surface area contributed by atoms with Crippen molar-refractivity contribution >= 4 is 17.1 Å². The number of benzene rings is 1. The van der Waals surface area contributed by atoms with Crippen molar-refractivity contribution in [2.24, 2.45) is 5.73 Å². The first-order valence-electron chi connectivity index (χ1n) is 6.05. The first-order chi connectivity index (χ1) is 8.66. The molecule has 1 aromatic carbocycles. The zero-order chi connectivity index (χ0) is 13.0. The molecular formula is C15H17NOS. The van der Waals surface area contributed by atoms with E-state index in [9.17, 15) is 4.79 Å². The van der Waals surface area contributed by atoms with Crippen LogP contribution in [0.25, 0.3) is 0 Å². The molecule has 2 rings (SSSR count). The highest BCUT2D eigenvalue weighted by molar-refractivity contribution is 7.10. The Morgan fingerprint density at radius 2 is 2.06 bits per heavy atom. The van der Waals surface area contributed by atoms with Crippen LogP contribution in [0.5, 0.6) is 0 Å². The fourth-order valence-corrected chi connectivity index (χ4v) is 2.59. The van der Waals surface area contributed by atoms with Gasteiger partial charge in [-0.1, -0.05) is 30.3 Å². The van der Waals surface area contributed by atoms with Crippen molar-refractivity contribution in [3.05, 3.63) is 57.8 Å². The average Bonchev–Trinajstić information content (AvgIpc) is 2.83. The number of Topliss-reactive ketones (excluding diaryl/α,β-unsaturated/α-hetero) is 1. The average molecular weight is 259 g/mol. The molecule has 0 aliphatic rings. The van der Waals surface area contributed by atoms with Crippen LogP contribution in [-0.2, 0) is 0 Å². The predicted molar refractivity (Wildman–Crippen MR) is 76.0 cm³/mol. The van der Waals surface area contributed by atoms with Gasteiger partial charge in [-0.3, -0.25) is 4.79 Å². The van der Waals surface area contributed by atoms with Crippen molar-refractivity contribution in [2.45, 2.75) is 25.8 Å². The number of ketones is 1. The molecule has 3 heteroatoms. The Morgan fingerprint density at radius 1 is 1.33 bits per heavy atom. The molecule has 2 N–H and O–H groups in total. The second kappa shape index (κ2) is 5.94. The summed E-state index contributed by atoms with van der Waals surface area (Å²) in [7, 11) is 0. The molecule has 0 radical (unpaired) electrons. The minimum atomic E-state index is -0.0603. The fourth-order valence-electron chi connectivity index (χ4n) is 1.89. The molecule has 0 aliphatic carbocycles. The van der Waals surface area contributed by atoms with E-state index in [4.69, 9.17) is 5.73 Å². The van der Waals surface area contributed by atoms with Crippen LogP contribution in [0.1, 0.15) is 39.7 Å². The first-order valence-corrected chi connectivity index (χ1v) is 6.93. The number of hydrogen-bond acceptors (Lipinski definition) is 3. The Balaban J connectivity index is 1.90. The molecule has 18 heavy (non-hydrogen) atoms. The van der Waals surface area contributed by atoms with Gasteiger partial charge in [-0.2, -0.15) is 0 Å². The normalized spacial score (nSPS) is 12.3. The molecule has 2 nitrogen and oxygen atoms in total. The number of aryl methyl sites for hydroxylation is 1. The molecule has 0 saturated carbocycles. The number of rotatable bonds is 5. The topological polar surface area (TPSA) is 43.1 Å². The molecule has 0 saturated heterocycles. The van der Waals surface area contributed by atoms with Gasteiger partial charge in [0.25, 0.3) is 0 Å². The lowest BCUT2D eigenvalue weighted by Gasteiger charge is -2.10. The monoisotopic (exact) mass is 259 g/mol. The molecule has 0 amide bonds. The largest absolute Gasteiger partial charge is 0.324 e. The van der Waals surface area contributed by atoms with Crippen LogP contribution < -0.4 is 5.73 Å². The van der Waals surface area contributed by atoms with Crippen LogP contribution in [0.2, 0.25) is 0 Å². The van der Waals surface area contributed by atoms with Crippen molar-refractivity contribution < 1.29 is 4.79 Å². The van der Waals surface area contributed by atoms with Crippen LogP contribution in [0.4, 0.5) is 0 Å². The standard InChI is InChI=1S/C15H17NOS/c1-11-9-13(10-18-11)15(17)8-7-14(16)12-5-3-2-4-6-12/h2-6,9-10,14H,7-8,16H2,1H3. The SMILES string of the molecule is Cc1cc(C(=O)CCC(N)c2ccccc2)cs1. The second-order valence-electron chi connectivity index (χ2n) is 4.43. The summed E-state index contributed by atoms with van der Waals surface area (Å²) in [5, 5.41) is 1.92. The highest BCUT2D eigenvalue weighted by Gasteiger charge is 2.11. The third-order valence-electron chi connectivity index (χ3n) is 2.96. The van der Waals surface area contributed by atoms with E-state index in [-0.39, 0.29) is 11.8 Å². The summed E-state index contributed by atoms with van der Waals surface area (Å²) in [6.07, 6.45) is 1.20. The lowest BCUT2D eigenvalue weighted by atomic mass is 10.00. The number of nitrogens with two attached hydrogens (primary N) is 1. The van der Waals surface area contributed by atoms with Gasteiger partial charge in [0.15, 0.2) is 5.78 Å². The smallest absolute Gasteiger partial charge is 0.163 e. The van der Waals surface area contributed by atoms with Crippen molar-refractivity contribution in [2.75, 3.05) is 0 Å². The maximum atomic E-state index is 11.9. The van der Waals surface area contributed by atoms with Crippen LogP contribution in [0, 0.1) is 6.92 Å². The van der Waals surface area contributed by atoms with Gasteiger partial charge >= 0.3 is 0 Å². The molecule has 0 spiro atoms. The van der Waals surface area contributed by atoms with Gasteiger partial charge in [0.1, 0.15) is 0 Å². The van der Waals surface area contributed by atoms with Gasteiger partial charge in [0.2, 0.25) is 0 Å². The summed E-state index contributed by atoms with van der Waals surface area (Å²) >= 11 is 1.61. The van der Waals surface area contributed by atoms with E-state index in [0.29, 0.717) is 12.8 Å². The highest BCUT2D eigenvalue weighted by atomic mass is 32.1. The Kier molecular flexibility index (Phi) is 4.28. The summed E-state index contributed by atoms with van der Waals surface area (Å²) in [5.74, 6) is 0.186. The van der Waals surface area contributed by atoms with E-state index in [1.165, 1.54) is 4.88 Å². The summed E-state index contributed by atoms with van der Waals surface area (Å²) < 4.78 is 0. The lowest BCUT2D eigenvalue weighted by Crippen LogP contribution is -2.12. The van der Waals surface area contributed by atoms with Gasteiger partial charge in [-0.05, 0) is 25.0 Å². The summed E-state index contributed by atoms with van der Waals surface area (Å²) in [6, 6.07) is 11.8. The summed E-state index contributed by atoms with van der Waals surface area (Å²) in [4.78, 5) is 13.1. The van der Waals surface area contributed by atoms with E-state index in [1.54, 1.807) is 11.3 Å². The molecule has 2 aromatic rings. The van der Waals surface area contributed by atoms with E-state index in [0.717, 1.165) is 11.1 Å². The second-order valence-corrected chi connectivity index (χ2v) is 5.54.